The summed E-state index contributed by atoms with van der Waals surface area (Å²) in [6.07, 6.45) is 3.29. The molecule has 0 atom stereocenters. The van der Waals surface area contributed by atoms with Gasteiger partial charge in [0.25, 0.3) is 0 Å². The lowest BCUT2D eigenvalue weighted by Gasteiger charge is -2.35. The Morgan fingerprint density at radius 2 is 1.37 bits per heavy atom. The smallest absolute Gasteiger partial charge is 0.243 e. The predicted molar refractivity (Wildman–Crippen MR) is 119 cm³/mol. The molecule has 2 fully saturated rings. The van der Waals surface area contributed by atoms with Gasteiger partial charge in [-0.05, 0) is 55.0 Å². The van der Waals surface area contributed by atoms with Crippen LogP contribution < -0.4 is 9.80 Å². The second kappa shape index (κ2) is 8.89. The standard InChI is InChI=1S/C22H31N5O2S/c1-3-19-4-6-20(7-5-19)30(28,29)27-16-14-26(15-17-27)22-9-8-21(23-24-22)25-12-10-18(2)11-13-25/h4-9,18H,3,10-17H2,1-2H3. The summed E-state index contributed by atoms with van der Waals surface area (Å²) in [5.74, 6) is 2.53. The van der Waals surface area contributed by atoms with E-state index >= 15 is 0 Å². The summed E-state index contributed by atoms with van der Waals surface area (Å²) in [7, 11) is -3.45. The molecular formula is C22H31N5O2S. The Hall–Kier alpha value is -2.19. The van der Waals surface area contributed by atoms with Crippen molar-refractivity contribution in [3.8, 4) is 0 Å². The number of aryl methyl sites for hydroxylation is 1. The molecule has 0 saturated carbocycles. The summed E-state index contributed by atoms with van der Waals surface area (Å²) in [4.78, 5) is 4.78. The van der Waals surface area contributed by atoms with Crippen molar-refractivity contribution in [1.29, 1.82) is 0 Å². The fourth-order valence-electron chi connectivity index (χ4n) is 4.10. The van der Waals surface area contributed by atoms with E-state index in [1.807, 2.05) is 24.3 Å². The molecule has 1 aromatic heterocycles. The Morgan fingerprint density at radius 3 is 1.87 bits per heavy atom. The normalized spacial score (nSPS) is 19.3. The van der Waals surface area contributed by atoms with Crippen molar-refractivity contribution in [2.45, 2.75) is 38.0 Å². The molecule has 2 aliphatic heterocycles. The number of benzene rings is 1. The number of aromatic nitrogens is 2. The summed E-state index contributed by atoms with van der Waals surface area (Å²) in [6.45, 7) is 8.55. The summed E-state index contributed by atoms with van der Waals surface area (Å²) >= 11 is 0. The van der Waals surface area contributed by atoms with Gasteiger partial charge in [0.05, 0.1) is 4.90 Å². The van der Waals surface area contributed by atoms with Gasteiger partial charge in [-0.1, -0.05) is 26.0 Å². The first-order valence-electron chi connectivity index (χ1n) is 10.9. The highest BCUT2D eigenvalue weighted by molar-refractivity contribution is 7.89. The number of hydrogen-bond donors (Lipinski definition) is 0. The van der Waals surface area contributed by atoms with Crippen molar-refractivity contribution in [2.75, 3.05) is 49.1 Å². The van der Waals surface area contributed by atoms with Crippen LogP contribution in [0.5, 0.6) is 0 Å². The third-order valence-electron chi connectivity index (χ3n) is 6.28. The van der Waals surface area contributed by atoms with Crippen molar-refractivity contribution in [2.24, 2.45) is 5.92 Å². The van der Waals surface area contributed by atoms with Gasteiger partial charge in [0, 0.05) is 39.3 Å². The van der Waals surface area contributed by atoms with Crippen molar-refractivity contribution >= 4 is 21.7 Å². The van der Waals surface area contributed by atoms with Gasteiger partial charge in [-0.25, -0.2) is 8.42 Å². The Morgan fingerprint density at radius 1 is 0.833 bits per heavy atom. The van der Waals surface area contributed by atoms with Crippen LogP contribution in [0, 0.1) is 5.92 Å². The molecule has 2 saturated heterocycles. The van der Waals surface area contributed by atoms with E-state index < -0.39 is 10.0 Å². The molecular weight excluding hydrogens is 398 g/mol. The first kappa shape index (κ1) is 21.1. The molecule has 162 valence electrons. The van der Waals surface area contributed by atoms with Crippen LogP contribution in [0.25, 0.3) is 0 Å². The summed E-state index contributed by atoms with van der Waals surface area (Å²) in [6, 6.07) is 11.3. The Balaban J connectivity index is 1.37. The van der Waals surface area contributed by atoms with Crippen LogP contribution in [0.4, 0.5) is 11.6 Å². The number of rotatable bonds is 5. The molecule has 7 nitrogen and oxygen atoms in total. The van der Waals surface area contributed by atoms with Gasteiger partial charge in [-0.15, -0.1) is 10.2 Å². The van der Waals surface area contributed by atoms with Crippen molar-refractivity contribution in [3.63, 3.8) is 0 Å². The van der Waals surface area contributed by atoms with Crippen LogP contribution in [0.3, 0.4) is 0 Å². The zero-order valence-corrected chi connectivity index (χ0v) is 18.7. The largest absolute Gasteiger partial charge is 0.355 e. The van der Waals surface area contributed by atoms with E-state index in [2.05, 4.69) is 33.8 Å². The third-order valence-corrected chi connectivity index (χ3v) is 8.19. The number of piperidine rings is 1. The average Bonchev–Trinajstić information content (AvgIpc) is 2.80. The molecule has 0 spiro atoms. The second-order valence-corrected chi connectivity index (χ2v) is 10.2. The van der Waals surface area contributed by atoms with Crippen molar-refractivity contribution in [3.05, 3.63) is 42.0 Å². The fraction of sp³-hybridized carbons (Fsp3) is 0.545. The summed E-state index contributed by atoms with van der Waals surface area (Å²) in [5.41, 5.74) is 1.14. The molecule has 1 aromatic carbocycles. The van der Waals surface area contributed by atoms with Crippen molar-refractivity contribution in [1.82, 2.24) is 14.5 Å². The lowest BCUT2D eigenvalue weighted by Crippen LogP contribution is -2.49. The number of hydrogen-bond acceptors (Lipinski definition) is 6. The van der Waals surface area contributed by atoms with Crippen LogP contribution in [-0.2, 0) is 16.4 Å². The van der Waals surface area contributed by atoms with Gasteiger partial charge in [-0.3, -0.25) is 0 Å². The molecule has 0 aliphatic carbocycles. The molecule has 3 heterocycles. The van der Waals surface area contributed by atoms with Crippen LogP contribution in [0.15, 0.2) is 41.3 Å². The van der Waals surface area contributed by atoms with E-state index in [9.17, 15) is 8.42 Å². The topological polar surface area (TPSA) is 69.6 Å². The molecule has 4 rings (SSSR count). The minimum absolute atomic E-state index is 0.369. The van der Waals surface area contributed by atoms with E-state index in [0.29, 0.717) is 31.1 Å². The number of nitrogens with zero attached hydrogens (tertiary/aromatic N) is 5. The number of piperazine rings is 1. The van der Waals surface area contributed by atoms with E-state index in [1.165, 1.54) is 12.8 Å². The van der Waals surface area contributed by atoms with Gasteiger partial charge in [0.15, 0.2) is 11.6 Å². The third kappa shape index (κ3) is 4.44. The second-order valence-electron chi connectivity index (χ2n) is 8.31. The lowest BCUT2D eigenvalue weighted by atomic mass is 9.99. The first-order chi connectivity index (χ1) is 14.5. The molecule has 2 aromatic rings. The van der Waals surface area contributed by atoms with Crippen LogP contribution in [-0.4, -0.2) is 62.2 Å². The van der Waals surface area contributed by atoms with E-state index in [-0.39, 0.29) is 0 Å². The quantitative estimate of drug-likeness (QED) is 0.728. The molecule has 2 aliphatic rings. The molecule has 0 bridgehead atoms. The highest BCUT2D eigenvalue weighted by Gasteiger charge is 2.29. The minimum Gasteiger partial charge on any atom is -0.355 e. The maximum atomic E-state index is 12.9. The highest BCUT2D eigenvalue weighted by Crippen LogP contribution is 2.24. The van der Waals surface area contributed by atoms with Gasteiger partial charge >= 0.3 is 0 Å². The molecule has 30 heavy (non-hydrogen) atoms. The van der Waals surface area contributed by atoms with Gasteiger partial charge in [0.2, 0.25) is 10.0 Å². The maximum Gasteiger partial charge on any atom is 0.243 e. The van der Waals surface area contributed by atoms with Gasteiger partial charge in [-0.2, -0.15) is 4.31 Å². The molecule has 0 N–H and O–H groups in total. The fourth-order valence-corrected chi connectivity index (χ4v) is 5.52. The van der Waals surface area contributed by atoms with E-state index in [4.69, 9.17) is 0 Å². The summed E-state index contributed by atoms with van der Waals surface area (Å²) in [5, 5.41) is 8.86. The first-order valence-corrected chi connectivity index (χ1v) is 12.3. The van der Waals surface area contributed by atoms with Crippen LogP contribution >= 0.6 is 0 Å². The SMILES string of the molecule is CCc1ccc(S(=O)(=O)N2CCN(c3ccc(N4CCC(C)CC4)nn3)CC2)cc1. The number of sulfonamides is 1. The predicted octanol–water partition coefficient (Wildman–Crippen LogP) is 2.79. The van der Waals surface area contributed by atoms with E-state index in [1.54, 1.807) is 16.4 Å². The Bertz CT molecular complexity index is 930. The van der Waals surface area contributed by atoms with E-state index in [0.717, 1.165) is 42.6 Å². The Labute approximate surface area is 179 Å². The lowest BCUT2D eigenvalue weighted by molar-refractivity contribution is 0.383. The monoisotopic (exact) mass is 429 g/mol. The van der Waals surface area contributed by atoms with Gasteiger partial charge < -0.3 is 9.80 Å². The molecule has 0 amide bonds. The highest BCUT2D eigenvalue weighted by atomic mass is 32.2. The van der Waals surface area contributed by atoms with Crippen molar-refractivity contribution < 1.29 is 8.42 Å². The zero-order valence-electron chi connectivity index (χ0n) is 17.9. The summed E-state index contributed by atoms with van der Waals surface area (Å²) < 4.78 is 27.5. The number of anilines is 2. The minimum atomic E-state index is -3.45. The molecule has 8 heteroatoms. The van der Waals surface area contributed by atoms with Crippen LogP contribution in [0.1, 0.15) is 32.3 Å². The zero-order chi connectivity index (χ0) is 21.1. The molecule has 0 unspecified atom stereocenters. The van der Waals surface area contributed by atoms with Crippen LogP contribution in [0.2, 0.25) is 0 Å². The Kier molecular flexibility index (Phi) is 6.24. The average molecular weight is 430 g/mol. The molecule has 0 radical (unpaired) electrons. The van der Waals surface area contributed by atoms with Gasteiger partial charge in [0.1, 0.15) is 0 Å². The maximum absolute atomic E-state index is 12.9.